The smallest absolute Gasteiger partial charge is 0.111 e. The molecule has 0 bridgehead atoms. The van der Waals surface area contributed by atoms with Crippen molar-refractivity contribution in [2.24, 2.45) is 11.8 Å². The van der Waals surface area contributed by atoms with Crippen molar-refractivity contribution in [3.63, 3.8) is 0 Å². The van der Waals surface area contributed by atoms with Crippen molar-refractivity contribution in [3.8, 4) is 0 Å². The lowest BCUT2D eigenvalue weighted by molar-refractivity contribution is 0.423. The van der Waals surface area contributed by atoms with Gasteiger partial charge in [0.2, 0.25) is 0 Å². The highest BCUT2D eigenvalue weighted by Gasteiger charge is 2.15. The van der Waals surface area contributed by atoms with Crippen LogP contribution in [0.25, 0.3) is 11.0 Å². The monoisotopic (exact) mass is 288 g/mol. The third-order valence-electron chi connectivity index (χ3n) is 3.94. The number of aromatic nitrogens is 2. The second-order valence-electron chi connectivity index (χ2n) is 6.21. The summed E-state index contributed by atoms with van der Waals surface area (Å²) < 4.78 is 2.34. The third-order valence-corrected chi connectivity index (χ3v) is 3.94. The van der Waals surface area contributed by atoms with Crippen LogP contribution in [0.2, 0.25) is 0 Å². The molecule has 1 aromatic carbocycles. The van der Waals surface area contributed by atoms with Gasteiger partial charge in [-0.25, -0.2) is 4.98 Å². The lowest BCUT2D eigenvalue weighted by atomic mass is 10.0. The summed E-state index contributed by atoms with van der Waals surface area (Å²) in [5, 5.41) is 0. The first-order chi connectivity index (χ1) is 10.2. The maximum absolute atomic E-state index is 5.74. The molecule has 21 heavy (non-hydrogen) atoms. The van der Waals surface area contributed by atoms with E-state index < -0.39 is 0 Å². The fourth-order valence-corrected chi connectivity index (χ4v) is 2.75. The average Bonchev–Trinajstić information content (AvgIpc) is 2.81. The zero-order valence-corrected chi connectivity index (χ0v) is 13.5. The molecule has 0 saturated heterocycles. The summed E-state index contributed by atoms with van der Waals surface area (Å²) in [5.74, 6) is 7.59. The quantitative estimate of drug-likeness (QED) is 0.579. The molecule has 0 amide bonds. The van der Waals surface area contributed by atoms with Gasteiger partial charge in [0.25, 0.3) is 0 Å². The van der Waals surface area contributed by atoms with Crippen molar-refractivity contribution in [1.29, 1.82) is 0 Å². The fourth-order valence-electron chi connectivity index (χ4n) is 2.75. The van der Waals surface area contributed by atoms with E-state index in [0.29, 0.717) is 12.0 Å². The molecule has 0 aliphatic rings. The summed E-state index contributed by atoms with van der Waals surface area (Å²) in [4.78, 5) is 4.81. The minimum atomic E-state index is 0.291. The summed E-state index contributed by atoms with van der Waals surface area (Å²) in [6.45, 7) is 7.72. The van der Waals surface area contributed by atoms with Gasteiger partial charge in [0.1, 0.15) is 5.82 Å². The van der Waals surface area contributed by atoms with Crippen molar-refractivity contribution in [1.82, 2.24) is 15.0 Å². The lowest BCUT2D eigenvalue weighted by Gasteiger charge is -2.17. The van der Waals surface area contributed by atoms with Crippen molar-refractivity contribution < 1.29 is 0 Å². The number of hydrazine groups is 1. The number of benzene rings is 1. The highest BCUT2D eigenvalue weighted by Crippen LogP contribution is 2.19. The number of nitrogens with one attached hydrogen (secondary N) is 1. The molecule has 0 saturated carbocycles. The summed E-state index contributed by atoms with van der Waals surface area (Å²) >= 11 is 0. The molecule has 0 aliphatic heterocycles. The Labute approximate surface area is 127 Å². The molecule has 0 spiro atoms. The Morgan fingerprint density at radius 2 is 2.00 bits per heavy atom. The van der Waals surface area contributed by atoms with E-state index in [1.54, 1.807) is 0 Å². The van der Waals surface area contributed by atoms with E-state index in [4.69, 9.17) is 10.8 Å². The second-order valence-corrected chi connectivity index (χ2v) is 6.21. The maximum Gasteiger partial charge on any atom is 0.111 e. The van der Waals surface area contributed by atoms with Crippen LogP contribution < -0.4 is 11.3 Å². The first-order valence-electron chi connectivity index (χ1n) is 8.06. The van der Waals surface area contributed by atoms with Crippen molar-refractivity contribution in [2.75, 3.05) is 0 Å². The Hall–Kier alpha value is -1.39. The van der Waals surface area contributed by atoms with Gasteiger partial charge in [-0.1, -0.05) is 32.9 Å². The molecule has 3 N–H and O–H groups in total. The molecule has 4 nitrogen and oxygen atoms in total. The first-order valence-corrected chi connectivity index (χ1v) is 8.06. The Morgan fingerprint density at radius 1 is 1.24 bits per heavy atom. The molecular formula is C17H28N4. The number of aryl methyl sites for hydroxylation is 1. The third kappa shape index (κ3) is 4.05. The number of imidazole rings is 1. The summed E-state index contributed by atoms with van der Waals surface area (Å²) in [5.41, 5.74) is 5.28. The van der Waals surface area contributed by atoms with Gasteiger partial charge < -0.3 is 4.57 Å². The van der Waals surface area contributed by atoms with Crippen molar-refractivity contribution in [2.45, 2.75) is 59.0 Å². The van der Waals surface area contributed by atoms with Crippen LogP contribution >= 0.6 is 0 Å². The van der Waals surface area contributed by atoms with Crippen LogP contribution in [0, 0.1) is 5.92 Å². The largest absolute Gasteiger partial charge is 0.328 e. The van der Waals surface area contributed by atoms with Crippen LogP contribution in [-0.2, 0) is 13.0 Å². The van der Waals surface area contributed by atoms with E-state index in [9.17, 15) is 0 Å². The van der Waals surface area contributed by atoms with Gasteiger partial charge in [-0.2, -0.15) is 0 Å². The molecule has 0 fully saturated rings. The van der Waals surface area contributed by atoms with Gasteiger partial charge in [0.15, 0.2) is 0 Å². The fraction of sp³-hybridized carbons (Fsp3) is 0.588. The van der Waals surface area contributed by atoms with E-state index in [1.807, 2.05) is 6.07 Å². The Bertz CT molecular complexity index is 559. The van der Waals surface area contributed by atoms with Crippen LogP contribution in [0.4, 0.5) is 0 Å². The molecule has 1 unspecified atom stereocenters. The average molecular weight is 288 g/mol. The predicted molar refractivity (Wildman–Crippen MR) is 88.9 cm³/mol. The molecule has 0 aliphatic carbocycles. The van der Waals surface area contributed by atoms with Gasteiger partial charge in [-0.3, -0.25) is 11.3 Å². The number of rotatable bonds is 8. The number of nitrogens with zero attached hydrogens (tertiary/aromatic N) is 2. The Morgan fingerprint density at radius 3 is 2.67 bits per heavy atom. The minimum Gasteiger partial charge on any atom is -0.328 e. The molecule has 1 atom stereocenters. The summed E-state index contributed by atoms with van der Waals surface area (Å²) in [6.07, 6.45) is 4.27. The number of fused-ring (bicyclic) bond motifs is 1. The van der Waals surface area contributed by atoms with E-state index >= 15 is 0 Å². The molecular weight excluding hydrogens is 260 g/mol. The van der Waals surface area contributed by atoms with E-state index in [1.165, 1.54) is 11.9 Å². The number of para-hydroxylation sites is 2. The van der Waals surface area contributed by atoms with Gasteiger partial charge in [-0.15, -0.1) is 0 Å². The van der Waals surface area contributed by atoms with Crippen LogP contribution in [0.5, 0.6) is 0 Å². The highest BCUT2D eigenvalue weighted by atomic mass is 15.2. The number of hydrogen-bond donors (Lipinski definition) is 2. The van der Waals surface area contributed by atoms with Crippen LogP contribution in [-0.4, -0.2) is 15.6 Å². The zero-order chi connectivity index (χ0) is 15.2. The van der Waals surface area contributed by atoms with Crippen LogP contribution in [0.1, 0.15) is 45.9 Å². The SMILES string of the molecule is CCCn1c(CC(CCC(C)C)NN)nc2ccccc21. The molecule has 2 rings (SSSR count). The number of hydrogen-bond acceptors (Lipinski definition) is 3. The normalized spacial score (nSPS) is 13.2. The first kappa shape index (κ1) is 16.0. The Balaban J connectivity index is 2.21. The molecule has 0 radical (unpaired) electrons. The van der Waals surface area contributed by atoms with Crippen LogP contribution in [0.15, 0.2) is 24.3 Å². The van der Waals surface area contributed by atoms with Gasteiger partial charge >= 0.3 is 0 Å². The topological polar surface area (TPSA) is 55.9 Å². The highest BCUT2D eigenvalue weighted by molar-refractivity contribution is 5.75. The van der Waals surface area contributed by atoms with Gasteiger partial charge in [0.05, 0.1) is 11.0 Å². The lowest BCUT2D eigenvalue weighted by Crippen LogP contribution is -2.37. The summed E-state index contributed by atoms with van der Waals surface area (Å²) in [7, 11) is 0. The van der Waals surface area contributed by atoms with Crippen LogP contribution in [0.3, 0.4) is 0 Å². The van der Waals surface area contributed by atoms with Crippen molar-refractivity contribution >= 4 is 11.0 Å². The minimum absolute atomic E-state index is 0.291. The summed E-state index contributed by atoms with van der Waals surface area (Å²) in [6, 6.07) is 8.66. The molecule has 1 heterocycles. The van der Waals surface area contributed by atoms with E-state index in [-0.39, 0.29) is 0 Å². The molecule has 4 heteroatoms. The molecule has 116 valence electrons. The second kappa shape index (κ2) is 7.57. The number of nitrogens with two attached hydrogens (primary N) is 1. The van der Waals surface area contributed by atoms with Gasteiger partial charge in [0, 0.05) is 19.0 Å². The Kier molecular flexibility index (Phi) is 5.76. The van der Waals surface area contributed by atoms with Gasteiger partial charge in [-0.05, 0) is 37.3 Å². The van der Waals surface area contributed by atoms with Crippen molar-refractivity contribution in [3.05, 3.63) is 30.1 Å². The molecule has 2 aromatic rings. The van der Waals surface area contributed by atoms with E-state index in [2.05, 4.69) is 49.0 Å². The zero-order valence-electron chi connectivity index (χ0n) is 13.5. The molecule has 1 aromatic heterocycles. The standard InChI is InChI=1S/C17H28N4/c1-4-11-21-16-8-6-5-7-15(16)19-17(21)12-14(20-18)10-9-13(2)3/h5-8,13-14,20H,4,9-12,18H2,1-3H3. The maximum atomic E-state index is 5.74. The van der Waals surface area contributed by atoms with E-state index in [0.717, 1.165) is 37.1 Å². The predicted octanol–water partition coefficient (Wildman–Crippen LogP) is 3.26.